The summed E-state index contributed by atoms with van der Waals surface area (Å²) in [6, 6.07) is 3.71. The van der Waals surface area contributed by atoms with Gasteiger partial charge in [0.15, 0.2) is 11.5 Å². The van der Waals surface area contributed by atoms with Gasteiger partial charge in [0.05, 0.1) is 6.20 Å². The summed E-state index contributed by atoms with van der Waals surface area (Å²) in [7, 11) is 3.87. The zero-order chi connectivity index (χ0) is 14.3. The van der Waals surface area contributed by atoms with Crippen LogP contribution in [0, 0.1) is 0 Å². The molecule has 0 aliphatic rings. The lowest BCUT2D eigenvalue weighted by molar-refractivity contribution is 0.639. The van der Waals surface area contributed by atoms with Crippen molar-refractivity contribution in [2.24, 2.45) is 0 Å². The maximum Gasteiger partial charge on any atom is 0.156 e. The molecule has 0 aliphatic heterocycles. The van der Waals surface area contributed by atoms with Crippen molar-refractivity contribution in [3.05, 3.63) is 30.1 Å². The van der Waals surface area contributed by atoms with Gasteiger partial charge >= 0.3 is 0 Å². The van der Waals surface area contributed by atoms with Gasteiger partial charge in [-0.15, -0.1) is 0 Å². The van der Waals surface area contributed by atoms with Crippen LogP contribution in [-0.2, 0) is 6.42 Å². The molecule has 104 valence electrons. The highest BCUT2D eigenvalue weighted by molar-refractivity contribution is 5.74. The molecule has 0 spiro atoms. The van der Waals surface area contributed by atoms with Crippen molar-refractivity contribution in [1.29, 1.82) is 0 Å². The molecular formula is C13H17N7. The van der Waals surface area contributed by atoms with Crippen molar-refractivity contribution in [2.75, 3.05) is 24.8 Å². The first-order valence-electron chi connectivity index (χ1n) is 6.47. The number of hydrogen-bond acceptors (Lipinski definition) is 5. The molecule has 3 rings (SSSR count). The number of fused-ring (bicyclic) bond motifs is 1. The lowest BCUT2D eigenvalue weighted by Crippen LogP contribution is -2.25. The Bertz CT molecular complexity index is 753. The predicted octanol–water partition coefficient (Wildman–Crippen LogP) is 0.935. The van der Waals surface area contributed by atoms with Crippen LogP contribution in [0.3, 0.4) is 0 Å². The molecule has 0 saturated heterocycles. The Balaban J connectivity index is 2.27. The minimum atomic E-state index is 0.447. The van der Waals surface area contributed by atoms with Crippen molar-refractivity contribution in [1.82, 2.24) is 24.5 Å². The average Bonchev–Trinajstić information content (AvgIpc) is 2.98. The molecule has 2 N–H and O–H groups in total. The van der Waals surface area contributed by atoms with Gasteiger partial charge in [-0.1, -0.05) is 6.92 Å². The highest BCUT2D eigenvalue weighted by atomic mass is 15.6. The quantitative estimate of drug-likeness (QED) is 0.767. The van der Waals surface area contributed by atoms with Gasteiger partial charge < -0.3 is 10.7 Å². The summed E-state index contributed by atoms with van der Waals surface area (Å²) in [4.78, 5) is 6.12. The maximum atomic E-state index is 6.06. The van der Waals surface area contributed by atoms with Gasteiger partial charge in [0.25, 0.3) is 0 Å². The van der Waals surface area contributed by atoms with Crippen LogP contribution in [0.4, 0.5) is 5.82 Å². The number of aryl methyl sites for hydroxylation is 1. The van der Waals surface area contributed by atoms with E-state index in [2.05, 4.69) is 22.1 Å². The second kappa shape index (κ2) is 4.52. The number of imidazole rings is 1. The van der Waals surface area contributed by atoms with Crippen LogP contribution in [0.2, 0.25) is 0 Å². The van der Waals surface area contributed by atoms with E-state index >= 15 is 0 Å². The van der Waals surface area contributed by atoms with E-state index in [-0.39, 0.29) is 0 Å². The summed E-state index contributed by atoms with van der Waals surface area (Å²) in [5, 5.41) is 10.8. The van der Waals surface area contributed by atoms with E-state index < -0.39 is 0 Å². The van der Waals surface area contributed by atoms with Crippen LogP contribution in [0.1, 0.15) is 12.5 Å². The standard InChI is InChI=1S/C13H17N7/c1-4-9-8-19(18(2)3)17-11(9)12-13(14)16-10-6-5-7-15-20(10)12/h5-8H,4,14H2,1-3H3. The van der Waals surface area contributed by atoms with Gasteiger partial charge in [-0.3, -0.25) is 0 Å². The summed E-state index contributed by atoms with van der Waals surface area (Å²) in [5.41, 5.74) is 9.46. The van der Waals surface area contributed by atoms with Crippen LogP contribution in [0.5, 0.6) is 0 Å². The second-order valence-electron chi connectivity index (χ2n) is 4.76. The first-order chi connectivity index (χ1) is 9.61. The Morgan fingerprint density at radius 1 is 1.35 bits per heavy atom. The lowest BCUT2D eigenvalue weighted by Gasteiger charge is -2.10. The number of anilines is 1. The number of nitrogen functional groups attached to an aromatic ring is 1. The first-order valence-corrected chi connectivity index (χ1v) is 6.47. The fourth-order valence-corrected chi connectivity index (χ4v) is 2.19. The van der Waals surface area contributed by atoms with Gasteiger partial charge in [0.2, 0.25) is 0 Å². The summed E-state index contributed by atoms with van der Waals surface area (Å²) in [6.07, 6.45) is 4.58. The summed E-state index contributed by atoms with van der Waals surface area (Å²) < 4.78 is 1.73. The Labute approximate surface area is 116 Å². The van der Waals surface area contributed by atoms with E-state index in [4.69, 9.17) is 5.73 Å². The summed E-state index contributed by atoms with van der Waals surface area (Å²) in [5.74, 6) is 0.447. The zero-order valence-electron chi connectivity index (χ0n) is 11.8. The fraction of sp³-hybridized carbons (Fsp3) is 0.308. The van der Waals surface area contributed by atoms with E-state index in [1.165, 1.54) is 0 Å². The molecule has 3 heterocycles. The largest absolute Gasteiger partial charge is 0.382 e. The third-order valence-corrected chi connectivity index (χ3v) is 3.21. The fourth-order valence-electron chi connectivity index (χ4n) is 2.19. The monoisotopic (exact) mass is 271 g/mol. The molecule has 0 fully saturated rings. The van der Waals surface area contributed by atoms with Gasteiger partial charge in [-0.2, -0.15) is 15.0 Å². The highest BCUT2D eigenvalue weighted by Gasteiger charge is 2.19. The van der Waals surface area contributed by atoms with Crippen molar-refractivity contribution in [3.8, 4) is 11.4 Å². The Morgan fingerprint density at radius 2 is 2.15 bits per heavy atom. The van der Waals surface area contributed by atoms with Gasteiger partial charge in [-0.25, -0.2) is 9.50 Å². The Hall–Kier alpha value is -2.57. The minimum Gasteiger partial charge on any atom is -0.382 e. The number of hydrogen-bond donors (Lipinski definition) is 1. The second-order valence-corrected chi connectivity index (χ2v) is 4.76. The zero-order valence-corrected chi connectivity index (χ0v) is 11.8. The minimum absolute atomic E-state index is 0.447. The SMILES string of the molecule is CCc1cn(N(C)C)nc1-c1c(N)nc2cccnn12. The van der Waals surface area contributed by atoms with E-state index in [0.717, 1.165) is 29.0 Å². The molecular weight excluding hydrogens is 254 g/mol. The van der Waals surface area contributed by atoms with E-state index in [0.29, 0.717) is 5.82 Å². The van der Waals surface area contributed by atoms with Crippen molar-refractivity contribution in [3.63, 3.8) is 0 Å². The molecule has 3 aromatic heterocycles. The van der Waals surface area contributed by atoms with Crippen molar-refractivity contribution < 1.29 is 0 Å². The lowest BCUT2D eigenvalue weighted by atomic mass is 10.1. The molecule has 0 saturated carbocycles. The Morgan fingerprint density at radius 3 is 2.85 bits per heavy atom. The molecule has 0 bridgehead atoms. The van der Waals surface area contributed by atoms with Crippen LogP contribution < -0.4 is 10.7 Å². The molecule has 7 nitrogen and oxygen atoms in total. The maximum absolute atomic E-state index is 6.06. The smallest absolute Gasteiger partial charge is 0.156 e. The normalized spacial score (nSPS) is 11.2. The first kappa shape index (κ1) is 12.5. The molecule has 0 radical (unpaired) electrons. The average molecular weight is 271 g/mol. The third kappa shape index (κ3) is 1.78. The molecule has 0 aromatic carbocycles. The molecule has 3 aromatic rings. The van der Waals surface area contributed by atoms with Crippen molar-refractivity contribution >= 4 is 11.5 Å². The van der Waals surface area contributed by atoms with Gasteiger partial charge in [0, 0.05) is 25.9 Å². The molecule has 0 unspecified atom stereocenters. The number of nitrogens with zero attached hydrogens (tertiary/aromatic N) is 6. The molecule has 0 aliphatic carbocycles. The van der Waals surface area contributed by atoms with Crippen LogP contribution >= 0.6 is 0 Å². The van der Waals surface area contributed by atoms with Gasteiger partial charge in [0.1, 0.15) is 11.4 Å². The molecule has 0 amide bonds. The van der Waals surface area contributed by atoms with Crippen LogP contribution in [0.25, 0.3) is 17.0 Å². The van der Waals surface area contributed by atoms with E-state index in [1.807, 2.05) is 37.4 Å². The summed E-state index contributed by atoms with van der Waals surface area (Å²) in [6.45, 7) is 2.09. The van der Waals surface area contributed by atoms with Crippen LogP contribution in [0.15, 0.2) is 24.5 Å². The van der Waals surface area contributed by atoms with Gasteiger partial charge in [-0.05, 0) is 18.6 Å². The number of nitrogens with two attached hydrogens (primary N) is 1. The topological polar surface area (TPSA) is 77.3 Å². The van der Waals surface area contributed by atoms with E-state index in [9.17, 15) is 0 Å². The molecule has 0 atom stereocenters. The summed E-state index contributed by atoms with van der Waals surface area (Å²) >= 11 is 0. The molecule has 7 heteroatoms. The molecule has 20 heavy (non-hydrogen) atoms. The predicted molar refractivity (Wildman–Crippen MR) is 78.1 cm³/mol. The van der Waals surface area contributed by atoms with E-state index in [1.54, 1.807) is 15.5 Å². The highest BCUT2D eigenvalue weighted by Crippen LogP contribution is 2.28. The van der Waals surface area contributed by atoms with Crippen LogP contribution in [-0.4, -0.2) is 38.6 Å². The van der Waals surface area contributed by atoms with Crippen molar-refractivity contribution in [2.45, 2.75) is 13.3 Å². The number of aromatic nitrogens is 5. The Kier molecular flexibility index (Phi) is 2.81. The number of rotatable bonds is 3. The third-order valence-electron chi connectivity index (χ3n) is 3.21.